The monoisotopic (exact) mass is 308 g/mol. The van der Waals surface area contributed by atoms with Crippen LogP contribution in [-0.2, 0) is 4.79 Å². The van der Waals surface area contributed by atoms with Crippen LogP contribution in [0.25, 0.3) is 0 Å². The van der Waals surface area contributed by atoms with E-state index in [0.717, 1.165) is 36.5 Å². The van der Waals surface area contributed by atoms with Crippen molar-refractivity contribution in [2.24, 2.45) is 23.7 Å². The van der Waals surface area contributed by atoms with E-state index in [0.29, 0.717) is 6.42 Å². The molecule has 2 heteroatoms. The zero-order valence-corrected chi connectivity index (χ0v) is 14.6. The maximum absolute atomic E-state index is 10.6. The Morgan fingerprint density at radius 3 is 1.68 bits per heavy atom. The Morgan fingerprint density at radius 2 is 1.27 bits per heavy atom. The number of hydrogen-bond donors (Lipinski definition) is 1. The SMILES string of the molecule is CCCC[C@H]1CC[C@H]([C@H]2CC[C@H](CCCC(=O)O)CC2)CC1. The number of rotatable bonds is 8. The molecule has 2 aliphatic carbocycles. The van der Waals surface area contributed by atoms with E-state index in [1.807, 2.05) is 0 Å². The molecule has 0 aromatic rings. The van der Waals surface area contributed by atoms with Crippen molar-refractivity contribution < 1.29 is 9.90 Å². The van der Waals surface area contributed by atoms with Crippen LogP contribution in [-0.4, -0.2) is 11.1 Å². The lowest BCUT2D eigenvalue weighted by molar-refractivity contribution is -0.137. The zero-order valence-electron chi connectivity index (χ0n) is 14.6. The predicted octanol–water partition coefficient (Wildman–Crippen LogP) is 6.04. The van der Waals surface area contributed by atoms with Gasteiger partial charge in [0.05, 0.1) is 0 Å². The van der Waals surface area contributed by atoms with Gasteiger partial charge in [-0.15, -0.1) is 0 Å². The van der Waals surface area contributed by atoms with E-state index in [4.69, 9.17) is 5.11 Å². The van der Waals surface area contributed by atoms with Crippen LogP contribution in [0.4, 0.5) is 0 Å². The van der Waals surface area contributed by atoms with Crippen LogP contribution in [0.1, 0.15) is 96.8 Å². The van der Waals surface area contributed by atoms with E-state index >= 15 is 0 Å². The molecule has 22 heavy (non-hydrogen) atoms. The van der Waals surface area contributed by atoms with Gasteiger partial charge in [0, 0.05) is 6.42 Å². The second kappa shape index (κ2) is 9.57. The summed E-state index contributed by atoms with van der Waals surface area (Å²) in [7, 11) is 0. The summed E-state index contributed by atoms with van der Waals surface area (Å²) >= 11 is 0. The van der Waals surface area contributed by atoms with Crippen molar-refractivity contribution in [1.29, 1.82) is 0 Å². The maximum atomic E-state index is 10.6. The lowest BCUT2D eigenvalue weighted by atomic mass is 9.68. The minimum atomic E-state index is -0.631. The highest BCUT2D eigenvalue weighted by Crippen LogP contribution is 2.43. The molecule has 2 aliphatic rings. The second-order valence-electron chi connectivity index (χ2n) is 7.99. The highest BCUT2D eigenvalue weighted by atomic mass is 16.4. The van der Waals surface area contributed by atoms with Crippen molar-refractivity contribution in [3.63, 3.8) is 0 Å². The average Bonchev–Trinajstić information content (AvgIpc) is 2.54. The molecular weight excluding hydrogens is 272 g/mol. The van der Waals surface area contributed by atoms with Crippen molar-refractivity contribution in [3.05, 3.63) is 0 Å². The summed E-state index contributed by atoms with van der Waals surface area (Å²) in [5.41, 5.74) is 0. The van der Waals surface area contributed by atoms with Gasteiger partial charge in [-0.1, -0.05) is 51.9 Å². The summed E-state index contributed by atoms with van der Waals surface area (Å²) in [6.07, 6.45) is 18.2. The molecular formula is C20H36O2. The number of unbranched alkanes of at least 4 members (excludes halogenated alkanes) is 1. The number of carbonyl (C=O) groups is 1. The number of aliphatic carboxylic acids is 1. The summed E-state index contributed by atoms with van der Waals surface area (Å²) < 4.78 is 0. The van der Waals surface area contributed by atoms with Gasteiger partial charge >= 0.3 is 5.97 Å². The fourth-order valence-corrected chi connectivity index (χ4v) is 4.93. The Labute approximate surface area is 137 Å². The molecule has 2 rings (SSSR count). The standard InChI is InChI=1S/C20H36O2/c1-2-3-5-16-8-12-18(13-9-16)19-14-10-17(11-15-19)6-4-7-20(21)22/h16-19H,2-15H2,1H3,(H,21,22)/t16-,17-,18-,19-. The summed E-state index contributed by atoms with van der Waals surface area (Å²) in [5, 5.41) is 8.73. The van der Waals surface area contributed by atoms with Crippen molar-refractivity contribution >= 4 is 5.97 Å². The molecule has 0 aliphatic heterocycles. The summed E-state index contributed by atoms with van der Waals surface area (Å²) in [4.78, 5) is 10.6. The summed E-state index contributed by atoms with van der Waals surface area (Å²) in [6, 6.07) is 0. The van der Waals surface area contributed by atoms with Crippen LogP contribution >= 0.6 is 0 Å². The van der Waals surface area contributed by atoms with Crippen LogP contribution in [0, 0.1) is 23.7 Å². The maximum Gasteiger partial charge on any atom is 0.303 e. The highest BCUT2D eigenvalue weighted by Gasteiger charge is 2.30. The minimum absolute atomic E-state index is 0.363. The topological polar surface area (TPSA) is 37.3 Å². The molecule has 0 atom stereocenters. The second-order valence-corrected chi connectivity index (χ2v) is 7.99. The summed E-state index contributed by atoms with van der Waals surface area (Å²) in [5.74, 6) is 3.22. The van der Waals surface area contributed by atoms with Crippen LogP contribution in [0.3, 0.4) is 0 Å². The molecule has 0 spiro atoms. The summed E-state index contributed by atoms with van der Waals surface area (Å²) in [6.45, 7) is 2.31. The number of carboxylic acid groups (broad SMARTS) is 1. The molecule has 0 aromatic carbocycles. The number of carboxylic acids is 1. The molecule has 128 valence electrons. The molecule has 1 N–H and O–H groups in total. The van der Waals surface area contributed by atoms with Gasteiger partial charge in [0.15, 0.2) is 0 Å². The van der Waals surface area contributed by atoms with Crippen LogP contribution in [0.5, 0.6) is 0 Å². The van der Waals surface area contributed by atoms with E-state index in [2.05, 4.69) is 6.92 Å². The first-order chi connectivity index (χ1) is 10.7. The van der Waals surface area contributed by atoms with Gasteiger partial charge in [-0.2, -0.15) is 0 Å². The minimum Gasteiger partial charge on any atom is -0.481 e. The normalized spacial score (nSPS) is 32.8. The Kier molecular flexibility index (Phi) is 7.75. The van der Waals surface area contributed by atoms with Gasteiger partial charge in [-0.3, -0.25) is 4.79 Å². The Hall–Kier alpha value is -0.530. The molecule has 2 nitrogen and oxygen atoms in total. The molecule has 0 unspecified atom stereocenters. The first kappa shape index (κ1) is 17.8. The van der Waals surface area contributed by atoms with E-state index in [9.17, 15) is 4.79 Å². The quantitative estimate of drug-likeness (QED) is 0.593. The third-order valence-corrected chi connectivity index (χ3v) is 6.42. The Bertz CT molecular complexity index is 310. The molecule has 0 saturated heterocycles. The van der Waals surface area contributed by atoms with Gasteiger partial charge in [-0.05, 0) is 62.2 Å². The van der Waals surface area contributed by atoms with Gasteiger partial charge in [0.25, 0.3) is 0 Å². The largest absolute Gasteiger partial charge is 0.481 e. The van der Waals surface area contributed by atoms with Crippen molar-refractivity contribution in [2.45, 2.75) is 96.8 Å². The van der Waals surface area contributed by atoms with Crippen molar-refractivity contribution in [2.75, 3.05) is 0 Å². The zero-order chi connectivity index (χ0) is 15.8. The third kappa shape index (κ3) is 5.93. The predicted molar refractivity (Wildman–Crippen MR) is 91.9 cm³/mol. The Balaban J connectivity index is 1.60. The molecule has 0 radical (unpaired) electrons. The van der Waals surface area contributed by atoms with E-state index in [1.54, 1.807) is 0 Å². The van der Waals surface area contributed by atoms with Gasteiger partial charge < -0.3 is 5.11 Å². The van der Waals surface area contributed by atoms with Crippen LogP contribution in [0.15, 0.2) is 0 Å². The molecule has 2 saturated carbocycles. The van der Waals surface area contributed by atoms with Crippen LogP contribution in [0.2, 0.25) is 0 Å². The van der Waals surface area contributed by atoms with E-state index < -0.39 is 5.97 Å². The lowest BCUT2D eigenvalue weighted by Gasteiger charge is -2.38. The van der Waals surface area contributed by atoms with E-state index in [1.165, 1.54) is 70.6 Å². The molecule has 0 bridgehead atoms. The third-order valence-electron chi connectivity index (χ3n) is 6.42. The van der Waals surface area contributed by atoms with Crippen molar-refractivity contribution in [1.82, 2.24) is 0 Å². The molecule has 0 amide bonds. The van der Waals surface area contributed by atoms with Gasteiger partial charge in [-0.25, -0.2) is 0 Å². The lowest BCUT2D eigenvalue weighted by Crippen LogP contribution is -2.26. The molecule has 0 heterocycles. The van der Waals surface area contributed by atoms with Gasteiger partial charge in [0.1, 0.15) is 0 Å². The van der Waals surface area contributed by atoms with Crippen LogP contribution < -0.4 is 0 Å². The smallest absolute Gasteiger partial charge is 0.303 e. The van der Waals surface area contributed by atoms with E-state index in [-0.39, 0.29) is 0 Å². The van der Waals surface area contributed by atoms with Gasteiger partial charge in [0.2, 0.25) is 0 Å². The first-order valence-corrected chi connectivity index (χ1v) is 9.90. The fraction of sp³-hybridized carbons (Fsp3) is 0.950. The Morgan fingerprint density at radius 1 is 0.818 bits per heavy atom. The fourth-order valence-electron chi connectivity index (χ4n) is 4.93. The highest BCUT2D eigenvalue weighted by molar-refractivity contribution is 5.66. The average molecular weight is 309 g/mol. The molecule has 0 aromatic heterocycles. The van der Waals surface area contributed by atoms with Crippen molar-refractivity contribution in [3.8, 4) is 0 Å². The molecule has 2 fully saturated rings. The number of hydrogen-bond acceptors (Lipinski definition) is 1. The first-order valence-electron chi connectivity index (χ1n) is 9.90.